The molecule has 0 saturated heterocycles. The lowest BCUT2D eigenvalue weighted by atomic mass is 10.1. The van der Waals surface area contributed by atoms with Gasteiger partial charge in [-0.15, -0.1) is 0 Å². The van der Waals surface area contributed by atoms with E-state index in [9.17, 15) is 18.0 Å². The maximum absolute atomic E-state index is 12.7. The van der Waals surface area contributed by atoms with Crippen LogP contribution in [0.5, 0.6) is 17.2 Å². The molecule has 0 aliphatic carbocycles. The molecule has 0 heterocycles. The molecular formula is C20H13Cl2F3O3. The number of ether oxygens (including phenoxy) is 2. The second kappa shape index (κ2) is 7.89. The summed E-state index contributed by atoms with van der Waals surface area (Å²) < 4.78 is 49.3. The third-order valence-corrected chi connectivity index (χ3v) is 4.51. The van der Waals surface area contributed by atoms with Crippen molar-refractivity contribution in [2.45, 2.75) is 19.2 Å². The average Bonchev–Trinajstić information content (AvgIpc) is 2.62. The zero-order chi connectivity index (χ0) is 20.5. The lowest BCUT2D eigenvalue weighted by Crippen LogP contribution is -2.18. The molecule has 3 nitrogen and oxygen atoms in total. The summed E-state index contributed by atoms with van der Waals surface area (Å²) >= 11 is 11.3. The highest BCUT2D eigenvalue weighted by Gasteiger charge is 2.31. The molecule has 0 aromatic heterocycles. The van der Waals surface area contributed by atoms with Gasteiger partial charge >= 0.3 is 6.18 Å². The van der Waals surface area contributed by atoms with Crippen molar-refractivity contribution < 1.29 is 27.4 Å². The first kappa shape index (κ1) is 20.3. The Balaban J connectivity index is 1.86. The minimum atomic E-state index is -4.48. The van der Waals surface area contributed by atoms with Crippen molar-refractivity contribution in [2.75, 3.05) is 0 Å². The number of carbonyl (C=O) groups is 1. The van der Waals surface area contributed by atoms with Crippen molar-refractivity contribution in [2.24, 2.45) is 0 Å². The molecule has 8 heteroatoms. The summed E-state index contributed by atoms with van der Waals surface area (Å²) in [6, 6.07) is 13.2. The van der Waals surface area contributed by atoms with Crippen molar-refractivity contribution in [3.05, 3.63) is 65.2 Å². The van der Waals surface area contributed by atoms with Crippen LogP contribution in [0.2, 0.25) is 5.02 Å². The normalized spacial score (nSPS) is 12.6. The van der Waals surface area contributed by atoms with Gasteiger partial charge in [-0.1, -0.05) is 23.7 Å². The van der Waals surface area contributed by atoms with E-state index in [0.717, 1.165) is 22.9 Å². The molecule has 1 atom stereocenters. The standard InChI is InChI=1S/C20H13Cl2F3O3/c1-11(19(22)26)27-15-5-2-12-3-6-16(9-13(12)8-15)28-18-7-4-14(10-17(18)21)20(23,24)25/h2-11H,1H3. The molecule has 28 heavy (non-hydrogen) atoms. The molecule has 0 bridgehead atoms. The highest BCUT2D eigenvalue weighted by Crippen LogP contribution is 2.37. The maximum atomic E-state index is 12.7. The van der Waals surface area contributed by atoms with Gasteiger partial charge in [-0.3, -0.25) is 4.79 Å². The first-order valence-electron chi connectivity index (χ1n) is 8.08. The van der Waals surface area contributed by atoms with Crippen molar-refractivity contribution in [3.63, 3.8) is 0 Å². The van der Waals surface area contributed by atoms with Gasteiger partial charge in [0.25, 0.3) is 5.24 Å². The number of halogens is 5. The number of fused-ring (bicyclic) bond motifs is 1. The van der Waals surface area contributed by atoms with Gasteiger partial charge in [0, 0.05) is 0 Å². The number of hydrogen-bond donors (Lipinski definition) is 0. The van der Waals surface area contributed by atoms with E-state index in [1.165, 1.54) is 13.0 Å². The number of carbonyl (C=O) groups excluding carboxylic acids is 1. The lowest BCUT2D eigenvalue weighted by Gasteiger charge is -2.13. The zero-order valence-corrected chi connectivity index (χ0v) is 15.9. The second-order valence-electron chi connectivity index (χ2n) is 5.98. The first-order valence-corrected chi connectivity index (χ1v) is 8.83. The number of benzene rings is 3. The topological polar surface area (TPSA) is 35.5 Å². The van der Waals surface area contributed by atoms with Crippen LogP contribution in [0.25, 0.3) is 10.8 Å². The van der Waals surface area contributed by atoms with Crippen LogP contribution in [0.1, 0.15) is 12.5 Å². The third-order valence-electron chi connectivity index (χ3n) is 3.90. The summed E-state index contributed by atoms with van der Waals surface area (Å²) in [6.45, 7) is 1.53. The van der Waals surface area contributed by atoms with E-state index in [2.05, 4.69) is 0 Å². The fourth-order valence-corrected chi connectivity index (χ4v) is 2.74. The molecule has 0 radical (unpaired) electrons. The Labute approximate surface area is 168 Å². The molecule has 0 aliphatic heterocycles. The molecule has 0 spiro atoms. The summed E-state index contributed by atoms with van der Waals surface area (Å²) in [5.74, 6) is 0.925. The summed E-state index contributed by atoms with van der Waals surface area (Å²) in [7, 11) is 0. The molecule has 0 amide bonds. The Morgan fingerprint density at radius 3 is 2.21 bits per heavy atom. The van der Waals surface area contributed by atoms with Crippen LogP contribution < -0.4 is 9.47 Å². The molecule has 146 valence electrons. The van der Waals surface area contributed by atoms with E-state index in [1.807, 2.05) is 0 Å². The van der Waals surface area contributed by atoms with Crippen LogP contribution >= 0.6 is 23.2 Å². The van der Waals surface area contributed by atoms with Gasteiger partial charge in [0.15, 0.2) is 6.10 Å². The van der Waals surface area contributed by atoms with E-state index in [4.69, 9.17) is 32.7 Å². The molecule has 0 fully saturated rings. The van der Waals surface area contributed by atoms with Crippen molar-refractivity contribution in [1.29, 1.82) is 0 Å². The number of alkyl halides is 3. The molecule has 0 aliphatic rings. The molecule has 0 saturated carbocycles. The maximum Gasteiger partial charge on any atom is 0.416 e. The molecule has 1 unspecified atom stereocenters. The number of rotatable bonds is 5. The van der Waals surface area contributed by atoms with Crippen LogP contribution in [0.4, 0.5) is 13.2 Å². The van der Waals surface area contributed by atoms with Gasteiger partial charge in [-0.05, 0) is 71.8 Å². The molecule has 3 aromatic carbocycles. The Morgan fingerprint density at radius 1 is 0.964 bits per heavy atom. The predicted octanol–water partition coefficient (Wildman–Crippen LogP) is 6.84. The highest BCUT2D eigenvalue weighted by molar-refractivity contribution is 6.64. The number of hydrogen-bond acceptors (Lipinski definition) is 3. The van der Waals surface area contributed by atoms with Gasteiger partial charge in [0.05, 0.1) is 10.6 Å². The Morgan fingerprint density at radius 2 is 1.61 bits per heavy atom. The Kier molecular flexibility index (Phi) is 5.72. The molecule has 0 N–H and O–H groups in total. The van der Waals surface area contributed by atoms with Gasteiger partial charge in [0.2, 0.25) is 0 Å². The fourth-order valence-electron chi connectivity index (χ4n) is 2.48. The summed E-state index contributed by atoms with van der Waals surface area (Å²) in [5, 5.41) is 0.853. The van der Waals surface area contributed by atoms with Crippen molar-refractivity contribution in [3.8, 4) is 17.2 Å². The second-order valence-corrected chi connectivity index (χ2v) is 6.76. The van der Waals surface area contributed by atoms with Crippen LogP contribution in [-0.4, -0.2) is 11.3 Å². The summed E-state index contributed by atoms with van der Waals surface area (Å²) in [6.07, 6.45) is -5.28. The van der Waals surface area contributed by atoms with Gasteiger partial charge in [-0.2, -0.15) is 13.2 Å². The van der Waals surface area contributed by atoms with Crippen LogP contribution in [-0.2, 0) is 11.0 Å². The monoisotopic (exact) mass is 428 g/mol. The van der Waals surface area contributed by atoms with Crippen molar-refractivity contribution >= 4 is 39.2 Å². The average molecular weight is 429 g/mol. The van der Waals surface area contributed by atoms with E-state index in [1.54, 1.807) is 36.4 Å². The highest BCUT2D eigenvalue weighted by atomic mass is 35.5. The quantitative estimate of drug-likeness (QED) is 0.417. The van der Waals surface area contributed by atoms with E-state index in [0.29, 0.717) is 11.5 Å². The molecular weight excluding hydrogens is 416 g/mol. The fraction of sp³-hybridized carbons (Fsp3) is 0.150. The molecule has 3 rings (SSSR count). The smallest absolute Gasteiger partial charge is 0.416 e. The van der Waals surface area contributed by atoms with Gasteiger partial charge < -0.3 is 9.47 Å². The SMILES string of the molecule is CC(Oc1ccc2ccc(Oc3ccc(C(F)(F)F)cc3Cl)cc2c1)C(=O)Cl. The predicted molar refractivity (Wildman–Crippen MR) is 101 cm³/mol. The van der Waals surface area contributed by atoms with Crippen LogP contribution in [0.15, 0.2) is 54.6 Å². The summed E-state index contributed by atoms with van der Waals surface area (Å²) in [5.41, 5.74) is -0.854. The van der Waals surface area contributed by atoms with Crippen LogP contribution in [0, 0.1) is 0 Å². The van der Waals surface area contributed by atoms with E-state index >= 15 is 0 Å². The van der Waals surface area contributed by atoms with Gasteiger partial charge in [0.1, 0.15) is 17.2 Å². The minimum Gasteiger partial charge on any atom is -0.482 e. The Bertz CT molecular complexity index is 1030. The summed E-state index contributed by atoms with van der Waals surface area (Å²) in [4.78, 5) is 11.1. The Hall–Kier alpha value is -2.44. The third kappa shape index (κ3) is 4.69. The van der Waals surface area contributed by atoms with E-state index < -0.39 is 23.1 Å². The molecule has 3 aromatic rings. The van der Waals surface area contributed by atoms with E-state index in [-0.39, 0.29) is 10.8 Å². The van der Waals surface area contributed by atoms with Gasteiger partial charge in [-0.25, -0.2) is 0 Å². The largest absolute Gasteiger partial charge is 0.482 e. The lowest BCUT2D eigenvalue weighted by molar-refractivity contribution is -0.137. The van der Waals surface area contributed by atoms with Crippen LogP contribution in [0.3, 0.4) is 0 Å². The first-order chi connectivity index (χ1) is 13.1. The minimum absolute atomic E-state index is 0.0998. The zero-order valence-electron chi connectivity index (χ0n) is 14.4. The van der Waals surface area contributed by atoms with Crippen molar-refractivity contribution in [1.82, 2.24) is 0 Å².